The van der Waals surface area contributed by atoms with Crippen molar-refractivity contribution in [2.75, 3.05) is 0 Å². The van der Waals surface area contributed by atoms with Crippen LogP contribution in [0.3, 0.4) is 0 Å². The summed E-state index contributed by atoms with van der Waals surface area (Å²) < 4.78 is 13.8. The van der Waals surface area contributed by atoms with E-state index in [1.165, 1.54) is 141 Å². The average Bonchev–Trinajstić information content (AvgIpc) is 4.10. The first-order valence-corrected chi connectivity index (χ1v) is 25.6. The molecular weight excluding hydrogens is 897 g/mol. The molecule has 0 N–H and O–H groups in total. The minimum Gasteiger partial charge on any atom is -0.455 e. The molecule has 0 aliphatic carbocycles. The van der Waals surface area contributed by atoms with E-state index < -0.39 is 0 Å². The van der Waals surface area contributed by atoms with Crippen molar-refractivity contribution in [3.8, 4) is 33.4 Å². The van der Waals surface area contributed by atoms with Crippen LogP contribution in [0.4, 0.5) is 0 Å². The molecule has 18 rings (SSSR count). The predicted octanol–water partition coefficient (Wildman–Crippen LogP) is 20.9. The fourth-order valence-corrected chi connectivity index (χ4v) is 13.9. The summed E-state index contributed by atoms with van der Waals surface area (Å²) in [6.45, 7) is 0. The Morgan fingerprint density at radius 3 is 0.811 bits per heavy atom. The largest absolute Gasteiger partial charge is 0.455 e. The lowest BCUT2D eigenvalue weighted by molar-refractivity contribution is 0.672. The standard InChI is InChI=1S/C72H38O2/c1-5-21-49-45(17-1)61(43-33-35-59-57(37-43)69-53-25-9-13-39-29-31-41-15-11-27-55(71(69)73-59)65(41)63(39)53)46-18-2-6-22-50(46)67(49)68-51-23-7-3-19-47(51)62(48-20-4-8-24-52(48)68)44-34-36-60-58(38-44)70-54-26-10-14-40-30-32-42-16-12-28-56(72(70)74-60)66(42)64(40)54/h1-38H. The van der Waals surface area contributed by atoms with Gasteiger partial charge in [-0.05, 0) is 144 Å². The lowest BCUT2D eigenvalue weighted by Crippen LogP contribution is -1.94. The number of rotatable bonds is 3. The van der Waals surface area contributed by atoms with Gasteiger partial charge in [-0.2, -0.15) is 0 Å². The Hall–Kier alpha value is -9.76. The van der Waals surface area contributed by atoms with Crippen LogP contribution in [0.1, 0.15) is 0 Å². The van der Waals surface area contributed by atoms with Gasteiger partial charge in [0, 0.05) is 43.1 Å². The van der Waals surface area contributed by atoms with Crippen molar-refractivity contribution in [2.24, 2.45) is 0 Å². The Balaban J connectivity index is 0.904. The summed E-state index contributed by atoms with van der Waals surface area (Å²) in [5.41, 5.74) is 11.0. The second-order valence-corrected chi connectivity index (χ2v) is 20.5. The van der Waals surface area contributed by atoms with Gasteiger partial charge in [0.2, 0.25) is 0 Å². The molecule has 2 nitrogen and oxygen atoms in total. The van der Waals surface area contributed by atoms with Crippen LogP contribution in [0.5, 0.6) is 0 Å². The maximum Gasteiger partial charge on any atom is 0.143 e. The number of hydrogen-bond acceptors (Lipinski definition) is 2. The molecule has 74 heavy (non-hydrogen) atoms. The summed E-state index contributed by atoms with van der Waals surface area (Å²) in [7, 11) is 0. The van der Waals surface area contributed by atoms with E-state index >= 15 is 0 Å². The zero-order chi connectivity index (χ0) is 47.9. The molecule has 2 heteroatoms. The molecule has 18 aromatic rings. The van der Waals surface area contributed by atoms with E-state index in [9.17, 15) is 0 Å². The van der Waals surface area contributed by atoms with Gasteiger partial charge in [0.25, 0.3) is 0 Å². The van der Waals surface area contributed by atoms with E-state index in [1.54, 1.807) is 0 Å². The van der Waals surface area contributed by atoms with Gasteiger partial charge in [-0.3, -0.25) is 0 Å². The molecule has 0 spiro atoms. The lowest BCUT2D eigenvalue weighted by Gasteiger charge is -2.22. The van der Waals surface area contributed by atoms with Crippen molar-refractivity contribution in [1.82, 2.24) is 0 Å². The van der Waals surface area contributed by atoms with Crippen molar-refractivity contribution < 1.29 is 8.83 Å². The highest BCUT2D eigenvalue weighted by Gasteiger charge is 2.26. The molecule has 0 radical (unpaired) electrons. The summed E-state index contributed by atoms with van der Waals surface area (Å²) >= 11 is 0. The van der Waals surface area contributed by atoms with Crippen molar-refractivity contribution >= 4 is 152 Å². The van der Waals surface area contributed by atoms with Gasteiger partial charge in [-0.25, -0.2) is 0 Å². The molecule has 338 valence electrons. The third kappa shape index (κ3) is 4.90. The Kier molecular flexibility index (Phi) is 7.37. The maximum absolute atomic E-state index is 6.91. The topological polar surface area (TPSA) is 26.3 Å². The molecule has 0 bridgehead atoms. The normalized spacial score (nSPS) is 12.6. The molecule has 0 atom stereocenters. The Morgan fingerprint density at radius 1 is 0.189 bits per heavy atom. The third-order valence-corrected chi connectivity index (χ3v) is 16.9. The van der Waals surface area contributed by atoms with Gasteiger partial charge >= 0.3 is 0 Å². The Bertz CT molecular complexity index is 5040. The van der Waals surface area contributed by atoms with Crippen LogP contribution >= 0.6 is 0 Å². The second-order valence-electron chi connectivity index (χ2n) is 20.5. The highest BCUT2D eigenvalue weighted by Crippen LogP contribution is 2.53. The fraction of sp³-hybridized carbons (Fsp3) is 0. The van der Waals surface area contributed by atoms with Crippen molar-refractivity contribution in [1.29, 1.82) is 0 Å². The molecular formula is C72H38O2. The number of benzene rings is 16. The van der Waals surface area contributed by atoms with Crippen LogP contribution in [-0.4, -0.2) is 0 Å². The van der Waals surface area contributed by atoms with Gasteiger partial charge in [0.15, 0.2) is 0 Å². The van der Waals surface area contributed by atoms with E-state index in [4.69, 9.17) is 8.83 Å². The van der Waals surface area contributed by atoms with Gasteiger partial charge in [-0.1, -0.05) is 206 Å². The first-order chi connectivity index (χ1) is 36.7. The Morgan fingerprint density at radius 2 is 0.473 bits per heavy atom. The maximum atomic E-state index is 6.91. The molecule has 0 fully saturated rings. The number of furan rings is 2. The van der Waals surface area contributed by atoms with Gasteiger partial charge in [-0.15, -0.1) is 0 Å². The zero-order valence-corrected chi connectivity index (χ0v) is 39.8. The van der Waals surface area contributed by atoms with Crippen LogP contribution in [0.2, 0.25) is 0 Å². The second kappa shape index (κ2) is 14.0. The smallest absolute Gasteiger partial charge is 0.143 e. The molecule has 2 heterocycles. The molecule has 0 aliphatic rings. The Labute approximate surface area is 422 Å². The van der Waals surface area contributed by atoms with Crippen molar-refractivity contribution in [3.05, 3.63) is 231 Å². The molecule has 0 saturated carbocycles. The molecule has 0 unspecified atom stereocenters. The van der Waals surface area contributed by atoms with Crippen molar-refractivity contribution in [2.45, 2.75) is 0 Å². The highest BCUT2D eigenvalue weighted by atomic mass is 16.3. The van der Waals surface area contributed by atoms with Crippen LogP contribution in [0, 0.1) is 0 Å². The van der Waals surface area contributed by atoms with Gasteiger partial charge < -0.3 is 8.83 Å². The fourth-order valence-electron chi connectivity index (χ4n) is 13.9. The van der Waals surface area contributed by atoms with Crippen LogP contribution < -0.4 is 0 Å². The van der Waals surface area contributed by atoms with E-state index in [0.717, 1.165) is 43.9 Å². The molecule has 0 amide bonds. The average molecular weight is 935 g/mol. The molecule has 16 aromatic carbocycles. The highest BCUT2D eigenvalue weighted by molar-refractivity contribution is 6.39. The first-order valence-electron chi connectivity index (χ1n) is 25.6. The van der Waals surface area contributed by atoms with Crippen LogP contribution in [0.25, 0.3) is 185 Å². The van der Waals surface area contributed by atoms with E-state index in [0.29, 0.717) is 0 Å². The molecule has 0 aliphatic heterocycles. The monoisotopic (exact) mass is 934 g/mol. The zero-order valence-electron chi connectivity index (χ0n) is 39.8. The molecule has 0 saturated heterocycles. The van der Waals surface area contributed by atoms with E-state index in [1.807, 2.05) is 0 Å². The predicted molar refractivity (Wildman–Crippen MR) is 315 cm³/mol. The first kappa shape index (κ1) is 38.9. The van der Waals surface area contributed by atoms with E-state index in [2.05, 4.69) is 231 Å². The quantitative estimate of drug-likeness (QED) is 0.130. The van der Waals surface area contributed by atoms with Gasteiger partial charge in [0.05, 0.1) is 0 Å². The minimum absolute atomic E-state index is 0.899. The summed E-state index contributed by atoms with van der Waals surface area (Å²) in [5.74, 6) is 0. The number of hydrogen-bond donors (Lipinski definition) is 0. The number of fused-ring (bicyclic) bond motifs is 14. The summed E-state index contributed by atoms with van der Waals surface area (Å²) in [6, 6.07) is 85.6. The summed E-state index contributed by atoms with van der Waals surface area (Å²) in [6.07, 6.45) is 0. The summed E-state index contributed by atoms with van der Waals surface area (Å²) in [4.78, 5) is 0. The van der Waals surface area contributed by atoms with Crippen molar-refractivity contribution in [3.63, 3.8) is 0 Å². The van der Waals surface area contributed by atoms with Crippen LogP contribution in [-0.2, 0) is 0 Å². The lowest BCUT2D eigenvalue weighted by atomic mass is 9.81. The third-order valence-electron chi connectivity index (χ3n) is 16.9. The minimum atomic E-state index is 0.899. The SMILES string of the molecule is c1ccc2c(-c3c4ccccc4c(-c4ccc5oc6c7cccc8ccc9cccc(c6c5c4)c9c87)c4ccccc34)c3ccccc3c(-c3ccc4oc5c6cccc7ccc8cccc(c5c4c3)c8c76)c2c1. The van der Waals surface area contributed by atoms with Gasteiger partial charge in [0.1, 0.15) is 22.3 Å². The van der Waals surface area contributed by atoms with Crippen LogP contribution in [0.15, 0.2) is 239 Å². The molecule has 2 aromatic heterocycles. The summed E-state index contributed by atoms with van der Waals surface area (Å²) in [5, 5.41) is 29.3. The van der Waals surface area contributed by atoms with E-state index in [-0.39, 0.29) is 0 Å².